The minimum atomic E-state index is -1.26. The molecule has 0 radical (unpaired) electrons. The molecule has 0 aromatic heterocycles. The molecule has 7 heteroatoms. The number of nitrogens with zero attached hydrogens (tertiary/aromatic N) is 1. The van der Waals surface area contributed by atoms with E-state index in [2.05, 4.69) is 0 Å². The molecule has 0 bridgehead atoms. The monoisotopic (exact) mass is 323 g/mol. The molecule has 0 aliphatic rings. The first kappa shape index (κ1) is 16.1. The number of benzene rings is 2. The number of aliphatic hydroxyl groups excluding tert-OH is 1. The number of nitro benzene ring substituents is 1. The van der Waals surface area contributed by atoms with Crippen LogP contribution in [0.25, 0.3) is 0 Å². The smallest absolute Gasteiger partial charge is 0.279 e. The molecule has 22 heavy (non-hydrogen) atoms. The van der Waals surface area contributed by atoms with E-state index in [4.69, 9.17) is 21.1 Å². The molecule has 2 rings (SSSR count). The summed E-state index contributed by atoms with van der Waals surface area (Å²) >= 11 is 6.05. The number of ether oxygens (including phenoxy) is 2. The highest BCUT2D eigenvalue weighted by Gasteiger charge is 2.26. The molecule has 1 N–H and O–H groups in total. The van der Waals surface area contributed by atoms with Crippen molar-refractivity contribution in [3.05, 3.63) is 62.7 Å². The Hall–Kier alpha value is -2.31. The van der Waals surface area contributed by atoms with Gasteiger partial charge in [-0.25, -0.2) is 0 Å². The zero-order valence-electron chi connectivity index (χ0n) is 11.9. The second-order valence-electron chi connectivity index (χ2n) is 4.45. The zero-order chi connectivity index (χ0) is 16.3. The third-order valence-electron chi connectivity index (χ3n) is 3.22. The van der Waals surface area contributed by atoms with Crippen LogP contribution in [0.1, 0.15) is 17.2 Å². The van der Waals surface area contributed by atoms with Crippen molar-refractivity contribution in [1.82, 2.24) is 0 Å². The molecular weight excluding hydrogens is 310 g/mol. The maximum absolute atomic E-state index is 11.3. The van der Waals surface area contributed by atoms with Gasteiger partial charge in [0.05, 0.1) is 30.8 Å². The van der Waals surface area contributed by atoms with Crippen LogP contribution in [0.3, 0.4) is 0 Å². The zero-order valence-corrected chi connectivity index (χ0v) is 12.7. The molecule has 116 valence electrons. The van der Waals surface area contributed by atoms with Crippen molar-refractivity contribution in [2.75, 3.05) is 14.2 Å². The van der Waals surface area contributed by atoms with E-state index in [1.807, 2.05) is 0 Å². The largest absolute Gasteiger partial charge is 0.493 e. The lowest BCUT2D eigenvalue weighted by Crippen LogP contribution is -2.06. The fourth-order valence-electron chi connectivity index (χ4n) is 2.13. The van der Waals surface area contributed by atoms with Gasteiger partial charge >= 0.3 is 0 Å². The number of hydrogen-bond acceptors (Lipinski definition) is 5. The standard InChI is InChI=1S/C15H14ClNO5/c1-21-13-7-10(12(17(19)20)8-14(13)22-2)15(18)9-5-3-4-6-11(9)16/h3-8,15,18H,1-2H3/t15-/m0/s1. The molecule has 0 saturated carbocycles. The molecule has 0 aliphatic carbocycles. The van der Waals surface area contributed by atoms with E-state index in [1.54, 1.807) is 24.3 Å². The summed E-state index contributed by atoms with van der Waals surface area (Å²) in [5, 5.41) is 22.1. The van der Waals surface area contributed by atoms with Crippen molar-refractivity contribution in [3.8, 4) is 11.5 Å². The highest BCUT2D eigenvalue weighted by Crippen LogP contribution is 2.40. The van der Waals surface area contributed by atoms with Gasteiger partial charge in [-0.15, -0.1) is 0 Å². The van der Waals surface area contributed by atoms with Crippen LogP contribution in [0, 0.1) is 10.1 Å². The minimum Gasteiger partial charge on any atom is -0.493 e. The SMILES string of the molecule is COc1cc([C@@H](O)c2ccccc2Cl)c([N+](=O)[O-])cc1OC. The lowest BCUT2D eigenvalue weighted by atomic mass is 9.99. The Morgan fingerprint density at radius 1 is 1.14 bits per heavy atom. The average Bonchev–Trinajstić information content (AvgIpc) is 2.53. The number of halogens is 1. The lowest BCUT2D eigenvalue weighted by molar-refractivity contribution is -0.386. The molecule has 2 aromatic carbocycles. The molecule has 0 aliphatic heterocycles. The van der Waals surface area contributed by atoms with Crippen LogP contribution < -0.4 is 9.47 Å². The first-order chi connectivity index (χ1) is 10.5. The Bertz CT molecular complexity index is 704. The molecule has 6 nitrogen and oxygen atoms in total. The van der Waals surface area contributed by atoms with E-state index in [9.17, 15) is 15.2 Å². The van der Waals surface area contributed by atoms with Crippen LogP contribution in [-0.2, 0) is 0 Å². The van der Waals surface area contributed by atoms with Crippen LogP contribution in [0.2, 0.25) is 5.02 Å². The number of nitro groups is 1. The number of methoxy groups -OCH3 is 2. The average molecular weight is 324 g/mol. The third-order valence-corrected chi connectivity index (χ3v) is 3.57. The second kappa shape index (κ2) is 6.64. The Balaban J connectivity index is 2.62. The molecule has 1 atom stereocenters. The number of aliphatic hydroxyl groups is 1. The lowest BCUT2D eigenvalue weighted by Gasteiger charge is -2.16. The quantitative estimate of drug-likeness (QED) is 0.674. The fourth-order valence-corrected chi connectivity index (χ4v) is 2.36. The van der Waals surface area contributed by atoms with E-state index in [0.717, 1.165) is 0 Å². The molecular formula is C15H14ClNO5. The summed E-state index contributed by atoms with van der Waals surface area (Å²) in [6.45, 7) is 0. The van der Waals surface area contributed by atoms with E-state index < -0.39 is 11.0 Å². The fraction of sp³-hybridized carbons (Fsp3) is 0.200. The summed E-state index contributed by atoms with van der Waals surface area (Å²) in [5.74, 6) is 0.499. The predicted octanol–water partition coefficient (Wildman–Crippen LogP) is 3.35. The van der Waals surface area contributed by atoms with Crippen LogP contribution in [0.15, 0.2) is 36.4 Å². The van der Waals surface area contributed by atoms with Gasteiger partial charge in [-0.05, 0) is 12.1 Å². The number of hydrogen-bond donors (Lipinski definition) is 1. The van der Waals surface area contributed by atoms with Crippen molar-refractivity contribution in [3.63, 3.8) is 0 Å². The summed E-state index contributed by atoms with van der Waals surface area (Å²) in [5.41, 5.74) is 0.181. The van der Waals surface area contributed by atoms with Crippen molar-refractivity contribution >= 4 is 17.3 Å². The minimum absolute atomic E-state index is 0.0794. The first-order valence-corrected chi connectivity index (χ1v) is 6.70. The Kier molecular flexibility index (Phi) is 4.85. The Labute approximate surface area is 132 Å². The van der Waals surface area contributed by atoms with E-state index in [1.165, 1.54) is 26.4 Å². The molecule has 0 fully saturated rings. The van der Waals surface area contributed by atoms with Gasteiger partial charge in [-0.2, -0.15) is 0 Å². The second-order valence-corrected chi connectivity index (χ2v) is 4.85. The van der Waals surface area contributed by atoms with Gasteiger partial charge in [-0.1, -0.05) is 29.8 Å². The van der Waals surface area contributed by atoms with E-state index >= 15 is 0 Å². The van der Waals surface area contributed by atoms with Gasteiger partial charge in [0, 0.05) is 10.6 Å². The third kappa shape index (κ3) is 2.98. The van der Waals surface area contributed by atoms with Crippen molar-refractivity contribution in [1.29, 1.82) is 0 Å². The maximum Gasteiger partial charge on any atom is 0.279 e. The van der Waals surface area contributed by atoms with Crippen molar-refractivity contribution < 1.29 is 19.5 Å². The Morgan fingerprint density at radius 3 is 2.27 bits per heavy atom. The predicted molar refractivity (Wildman–Crippen MR) is 81.7 cm³/mol. The first-order valence-electron chi connectivity index (χ1n) is 6.32. The van der Waals surface area contributed by atoms with Crippen LogP contribution in [0.4, 0.5) is 5.69 Å². The summed E-state index contributed by atoms with van der Waals surface area (Å²) in [6.07, 6.45) is -1.26. The molecule has 0 spiro atoms. The normalized spacial score (nSPS) is 11.8. The molecule has 0 heterocycles. The summed E-state index contributed by atoms with van der Waals surface area (Å²) < 4.78 is 10.2. The van der Waals surface area contributed by atoms with Crippen LogP contribution in [0.5, 0.6) is 11.5 Å². The highest BCUT2D eigenvalue weighted by atomic mass is 35.5. The van der Waals surface area contributed by atoms with Crippen LogP contribution >= 0.6 is 11.6 Å². The highest BCUT2D eigenvalue weighted by molar-refractivity contribution is 6.31. The van der Waals surface area contributed by atoms with Gasteiger partial charge in [-0.3, -0.25) is 10.1 Å². The topological polar surface area (TPSA) is 81.8 Å². The van der Waals surface area contributed by atoms with Crippen molar-refractivity contribution in [2.24, 2.45) is 0 Å². The Morgan fingerprint density at radius 2 is 1.73 bits per heavy atom. The van der Waals surface area contributed by atoms with Gasteiger partial charge in [0.2, 0.25) is 0 Å². The van der Waals surface area contributed by atoms with Gasteiger partial charge < -0.3 is 14.6 Å². The number of rotatable bonds is 5. The van der Waals surface area contributed by atoms with Crippen molar-refractivity contribution in [2.45, 2.75) is 6.10 Å². The molecule has 0 saturated heterocycles. The van der Waals surface area contributed by atoms with Gasteiger partial charge in [0.15, 0.2) is 11.5 Å². The molecule has 2 aromatic rings. The van der Waals surface area contributed by atoms with E-state index in [-0.39, 0.29) is 22.7 Å². The molecule has 0 unspecified atom stereocenters. The summed E-state index contributed by atoms with van der Waals surface area (Å²) in [7, 11) is 2.79. The molecule has 0 amide bonds. The maximum atomic E-state index is 11.3. The summed E-state index contributed by atoms with van der Waals surface area (Å²) in [6, 6.07) is 9.21. The summed E-state index contributed by atoms with van der Waals surface area (Å²) in [4.78, 5) is 10.7. The van der Waals surface area contributed by atoms with Gasteiger partial charge in [0.1, 0.15) is 6.10 Å². The van der Waals surface area contributed by atoms with E-state index in [0.29, 0.717) is 10.6 Å². The van der Waals surface area contributed by atoms with Crippen LogP contribution in [-0.4, -0.2) is 24.2 Å². The van der Waals surface area contributed by atoms with Gasteiger partial charge in [0.25, 0.3) is 5.69 Å².